The molecule has 4 nitrogen and oxygen atoms in total. The molecule has 1 aliphatic rings. The first-order valence-corrected chi connectivity index (χ1v) is 4.55. The minimum absolute atomic E-state index is 0.00931. The van der Waals surface area contributed by atoms with E-state index in [1.165, 1.54) is 4.90 Å². The van der Waals surface area contributed by atoms with Gasteiger partial charge in [0.25, 0.3) is 0 Å². The van der Waals surface area contributed by atoms with Crippen LogP contribution in [0.15, 0.2) is 0 Å². The Morgan fingerprint density at radius 1 is 1.69 bits per heavy atom. The Morgan fingerprint density at radius 2 is 2.38 bits per heavy atom. The summed E-state index contributed by atoms with van der Waals surface area (Å²) in [6.07, 6.45) is 2.74. The van der Waals surface area contributed by atoms with Crippen LogP contribution < -0.4 is 0 Å². The number of rotatable bonds is 3. The van der Waals surface area contributed by atoms with Crippen molar-refractivity contribution in [3.63, 3.8) is 0 Å². The largest absolute Gasteiger partial charge is 0.337 e. The van der Waals surface area contributed by atoms with Gasteiger partial charge in [0.1, 0.15) is 6.29 Å². The predicted octanol–water partition coefficient (Wildman–Crippen LogP) is -0.262. The first kappa shape index (κ1) is 10.2. The van der Waals surface area contributed by atoms with E-state index in [4.69, 9.17) is 0 Å². The zero-order valence-electron chi connectivity index (χ0n) is 8.19. The third-order valence-corrected chi connectivity index (χ3v) is 2.53. The van der Waals surface area contributed by atoms with Gasteiger partial charge in [0, 0.05) is 7.05 Å². The minimum Gasteiger partial charge on any atom is -0.337 e. The van der Waals surface area contributed by atoms with Crippen molar-refractivity contribution in [3.05, 3.63) is 0 Å². The smallest absolute Gasteiger partial charge is 0.240 e. The van der Waals surface area contributed by atoms with E-state index in [9.17, 15) is 9.59 Å². The Hall–Kier alpha value is -0.900. The highest BCUT2D eigenvalue weighted by Crippen LogP contribution is 2.16. The molecule has 1 unspecified atom stereocenters. The van der Waals surface area contributed by atoms with Crippen molar-refractivity contribution in [1.29, 1.82) is 0 Å². The van der Waals surface area contributed by atoms with Crippen LogP contribution in [0.5, 0.6) is 0 Å². The lowest BCUT2D eigenvalue weighted by molar-refractivity contribution is -0.135. The lowest BCUT2D eigenvalue weighted by Gasteiger charge is -2.23. The third-order valence-electron chi connectivity index (χ3n) is 2.53. The molecule has 1 amide bonds. The molecule has 0 radical (unpaired) electrons. The average Bonchev–Trinajstić information content (AvgIpc) is 2.50. The van der Waals surface area contributed by atoms with E-state index in [-0.39, 0.29) is 18.5 Å². The molecule has 0 bridgehead atoms. The second-order valence-electron chi connectivity index (χ2n) is 3.52. The van der Waals surface area contributed by atoms with Gasteiger partial charge in [-0.25, -0.2) is 0 Å². The molecule has 4 heteroatoms. The quantitative estimate of drug-likeness (QED) is 0.567. The zero-order chi connectivity index (χ0) is 9.84. The number of aldehydes is 1. The molecule has 1 heterocycles. The Bertz CT molecular complexity index is 206. The number of amides is 1. The molecule has 0 spiro atoms. The molecule has 74 valence electrons. The summed E-state index contributed by atoms with van der Waals surface area (Å²) in [5.41, 5.74) is 0. The summed E-state index contributed by atoms with van der Waals surface area (Å²) < 4.78 is 0. The molecule has 0 aromatic rings. The normalized spacial score (nSPS) is 23.1. The molecule has 0 saturated carbocycles. The van der Waals surface area contributed by atoms with Crippen molar-refractivity contribution in [2.24, 2.45) is 0 Å². The van der Waals surface area contributed by atoms with Crippen molar-refractivity contribution in [2.75, 3.05) is 27.2 Å². The highest BCUT2D eigenvalue weighted by atomic mass is 16.2. The summed E-state index contributed by atoms with van der Waals surface area (Å²) in [6.45, 7) is 1.18. The van der Waals surface area contributed by atoms with Crippen molar-refractivity contribution in [2.45, 2.75) is 18.9 Å². The maximum absolute atomic E-state index is 11.7. The Balaban J connectivity index is 2.50. The molecule has 0 aromatic carbocycles. The molecule has 0 N–H and O–H groups in total. The van der Waals surface area contributed by atoms with Crippen LogP contribution in [-0.2, 0) is 9.59 Å². The lowest BCUT2D eigenvalue weighted by atomic mass is 10.2. The van der Waals surface area contributed by atoms with E-state index in [0.29, 0.717) is 0 Å². The summed E-state index contributed by atoms with van der Waals surface area (Å²) in [6, 6.07) is -0.00931. The molecule has 1 saturated heterocycles. The monoisotopic (exact) mass is 184 g/mol. The number of nitrogens with zero attached hydrogens (tertiary/aromatic N) is 2. The summed E-state index contributed by atoms with van der Waals surface area (Å²) in [7, 11) is 3.62. The highest BCUT2D eigenvalue weighted by molar-refractivity contribution is 5.83. The summed E-state index contributed by atoms with van der Waals surface area (Å²) in [5.74, 6) is 0.0621. The minimum atomic E-state index is -0.00931. The predicted molar refractivity (Wildman–Crippen MR) is 49.4 cm³/mol. The highest BCUT2D eigenvalue weighted by Gasteiger charge is 2.29. The standard InChI is InChI=1S/C9H16N2O2/c1-10-5-3-4-8(10)9(13)11(2)6-7-12/h7-8H,3-6H2,1-2H3. The summed E-state index contributed by atoms with van der Waals surface area (Å²) >= 11 is 0. The van der Waals surface area contributed by atoms with Gasteiger partial charge in [-0.15, -0.1) is 0 Å². The Morgan fingerprint density at radius 3 is 2.85 bits per heavy atom. The zero-order valence-corrected chi connectivity index (χ0v) is 8.19. The van der Waals surface area contributed by atoms with Crippen molar-refractivity contribution in [1.82, 2.24) is 9.80 Å². The van der Waals surface area contributed by atoms with E-state index in [1.807, 2.05) is 11.9 Å². The van der Waals surface area contributed by atoms with Crippen LogP contribution in [0.25, 0.3) is 0 Å². The number of hydrogen-bond acceptors (Lipinski definition) is 3. The molecule has 1 rings (SSSR count). The molecule has 0 aliphatic carbocycles. The molecule has 1 atom stereocenters. The van der Waals surface area contributed by atoms with Crippen LogP contribution in [0.2, 0.25) is 0 Å². The molecular weight excluding hydrogens is 168 g/mol. The van der Waals surface area contributed by atoms with Gasteiger partial charge in [0.2, 0.25) is 5.91 Å². The number of likely N-dealkylation sites (tertiary alicyclic amines) is 1. The SMILES string of the molecule is CN(CC=O)C(=O)C1CCCN1C. The molecular formula is C9H16N2O2. The number of hydrogen-bond donors (Lipinski definition) is 0. The van der Waals surface area contributed by atoms with Gasteiger partial charge >= 0.3 is 0 Å². The van der Waals surface area contributed by atoms with E-state index >= 15 is 0 Å². The first-order valence-electron chi connectivity index (χ1n) is 4.55. The van der Waals surface area contributed by atoms with E-state index in [0.717, 1.165) is 25.7 Å². The second kappa shape index (κ2) is 4.37. The van der Waals surface area contributed by atoms with E-state index in [1.54, 1.807) is 7.05 Å². The number of carbonyl (C=O) groups excluding carboxylic acids is 2. The summed E-state index contributed by atoms with van der Waals surface area (Å²) in [5, 5.41) is 0. The van der Waals surface area contributed by atoms with Crippen LogP contribution in [0.3, 0.4) is 0 Å². The van der Waals surface area contributed by atoms with Crippen LogP contribution in [-0.4, -0.2) is 55.2 Å². The number of likely N-dealkylation sites (N-methyl/N-ethyl adjacent to an activating group) is 2. The first-order chi connectivity index (χ1) is 6.16. The molecule has 1 fully saturated rings. The molecule has 0 aromatic heterocycles. The van der Waals surface area contributed by atoms with Crippen LogP contribution in [0.4, 0.5) is 0 Å². The van der Waals surface area contributed by atoms with Crippen LogP contribution in [0.1, 0.15) is 12.8 Å². The van der Waals surface area contributed by atoms with Gasteiger partial charge < -0.3 is 9.69 Å². The molecule has 1 aliphatic heterocycles. The second-order valence-corrected chi connectivity index (χ2v) is 3.52. The average molecular weight is 184 g/mol. The van der Waals surface area contributed by atoms with Crippen molar-refractivity contribution in [3.8, 4) is 0 Å². The fourth-order valence-corrected chi connectivity index (χ4v) is 1.68. The lowest BCUT2D eigenvalue weighted by Crippen LogP contribution is -2.43. The maximum Gasteiger partial charge on any atom is 0.240 e. The fourth-order valence-electron chi connectivity index (χ4n) is 1.68. The summed E-state index contributed by atoms with van der Waals surface area (Å²) in [4.78, 5) is 25.4. The topological polar surface area (TPSA) is 40.6 Å². The van der Waals surface area contributed by atoms with Crippen LogP contribution >= 0.6 is 0 Å². The van der Waals surface area contributed by atoms with Crippen LogP contribution in [0, 0.1) is 0 Å². The Labute approximate surface area is 78.5 Å². The van der Waals surface area contributed by atoms with Gasteiger partial charge in [0.05, 0.1) is 12.6 Å². The Kier molecular flexibility index (Phi) is 3.42. The number of carbonyl (C=O) groups is 2. The third kappa shape index (κ3) is 2.28. The van der Waals surface area contributed by atoms with Gasteiger partial charge in [-0.1, -0.05) is 0 Å². The van der Waals surface area contributed by atoms with E-state index < -0.39 is 0 Å². The maximum atomic E-state index is 11.7. The van der Waals surface area contributed by atoms with E-state index in [2.05, 4.69) is 0 Å². The van der Waals surface area contributed by atoms with Gasteiger partial charge in [-0.05, 0) is 26.4 Å². The van der Waals surface area contributed by atoms with Crippen molar-refractivity contribution < 1.29 is 9.59 Å². The van der Waals surface area contributed by atoms with Gasteiger partial charge in [-0.2, -0.15) is 0 Å². The molecule has 13 heavy (non-hydrogen) atoms. The fraction of sp³-hybridized carbons (Fsp3) is 0.778. The van der Waals surface area contributed by atoms with Gasteiger partial charge in [0.15, 0.2) is 0 Å². The van der Waals surface area contributed by atoms with Crippen molar-refractivity contribution >= 4 is 12.2 Å². The van der Waals surface area contributed by atoms with Gasteiger partial charge in [-0.3, -0.25) is 9.69 Å².